The van der Waals surface area contributed by atoms with Crippen LogP contribution in [0.15, 0.2) is 36.4 Å². The highest BCUT2D eigenvalue weighted by molar-refractivity contribution is 5.89. The lowest BCUT2D eigenvalue weighted by atomic mass is 10.1. The van der Waals surface area contributed by atoms with Crippen molar-refractivity contribution in [3.05, 3.63) is 47.8 Å². The molecule has 0 aliphatic heterocycles. The highest BCUT2D eigenvalue weighted by atomic mass is 19.1. The molecule has 0 aliphatic carbocycles. The Balaban J connectivity index is 2.82. The molecule has 0 N–H and O–H groups in total. The van der Waals surface area contributed by atoms with Gasteiger partial charge in [0.25, 0.3) is 0 Å². The zero-order valence-corrected chi connectivity index (χ0v) is 12.1. The van der Waals surface area contributed by atoms with E-state index in [0.717, 1.165) is 6.07 Å². The van der Waals surface area contributed by atoms with Gasteiger partial charge in [-0.1, -0.05) is 38.3 Å². The van der Waals surface area contributed by atoms with Crippen molar-refractivity contribution in [1.82, 2.24) is 0 Å². The molecular formula is C17H19FO2. The van der Waals surface area contributed by atoms with E-state index < -0.39 is 17.9 Å². The van der Waals surface area contributed by atoms with Crippen molar-refractivity contribution in [2.24, 2.45) is 5.92 Å². The number of halogens is 1. The Morgan fingerprint density at radius 1 is 1.45 bits per heavy atom. The minimum Gasteiger partial charge on any atom is -0.446 e. The number of hydrogen-bond donors (Lipinski definition) is 0. The van der Waals surface area contributed by atoms with Crippen LogP contribution in [0.25, 0.3) is 0 Å². The van der Waals surface area contributed by atoms with E-state index in [-0.39, 0.29) is 5.56 Å². The highest BCUT2D eigenvalue weighted by Crippen LogP contribution is 2.12. The van der Waals surface area contributed by atoms with Gasteiger partial charge in [-0.25, -0.2) is 9.18 Å². The summed E-state index contributed by atoms with van der Waals surface area (Å²) in [7, 11) is 0. The van der Waals surface area contributed by atoms with Gasteiger partial charge in [0, 0.05) is 0 Å². The van der Waals surface area contributed by atoms with Crippen LogP contribution in [0.5, 0.6) is 0 Å². The molecule has 0 heterocycles. The summed E-state index contributed by atoms with van der Waals surface area (Å²) >= 11 is 0. The molecule has 0 saturated heterocycles. The molecule has 0 spiro atoms. The minimum absolute atomic E-state index is 0.191. The number of esters is 1. The van der Waals surface area contributed by atoms with Crippen molar-refractivity contribution in [2.75, 3.05) is 0 Å². The topological polar surface area (TPSA) is 26.3 Å². The van der Waals surface area contributed by atoms with Crippen LogP contribution < -0.4 is 0 Å². The summed E-state index contributed by atoms with van der Waals surface area (Å²) < 4.78 is 18.4. The third kappa shape index (κ3) is 5.71. The van der Waals surface area contributed by atoms with E-state index in [4.69, 9.17) is 4.74 Å². The summed E-state index contributed by atoms with van der Waals surface area (Å²) in [6.07, 6.45) is 0.115. The molecule has 1 aromatic carbocycles. The van der Waals surface area contributed by atoms with E-state index in [1.165, 1.54) is 18.2 Å². The lowest BCUT2D eigenvalue weighted by Gasteiger charge is -2.14. The smallest absolute Gasteiger partial charge is 0.339 e. The molecular weight excluding hydrogens is 255 g/mol. The van der Waals surface area contributed by atoms with Gasteiger partial charge in [0.05, 0.1) is 5.56 Å². The molecule has 0 fully saturated rings. The molecule has 0 bridgehead atoms. The number of rotatable bonds is 4. The first kappa shape index (κ1) is 16.0. The molecule has 3 heteroatoms. The van der Waals surface area contributed by atoms with Crippen molar-refractivity contribution in [1.29, 1.82) is 0 Å². The quantitative estimate of drug-likeness (QED) is 0.613. The second kappa shape index (κ2) is 7.49. The van der Waals surface area contributed by atoms with Gasteiger partial charge >= 0.3 is 5.97 Å². The number of carbonyl (C=O) groups is 1. The highest BCUT2D eigenvalue weighted by Gasteiger charge is 2.15. The minimum atomic E-state index is -0.564. The first-order valence-electron chi connectivity index (χ1n) is 6.52. The predicted octanol–water partition coefficient (Wildman–Crippen LogP) is 3.98. The Morgan fingerprint density at radius 2 is 2.15 bits per heavy atom. The zero-order chi connectivity index (χ0) is 15.1. The summed E-state index contributed by atoms with van der Waals surface area (Å²) in [5.74, 6) is 5.01. The van der Waals surface area contributed by atoms with E-state index in [2.05, 4.69) is 18.4 Å². The van der Waals surface area contributed by atoms with Crippen LogP contribution in [-0.2, 0) is 4.74 Å². The molecule has 1 aromatic rings. The standard InChI is InChI=1S/C17H19FO2/c1-12(2)8-9-16(10-13(3)4)20-17(19)14-6-5-7-15(18)11-14/h5-7,11,13,16H,1,10H2,2-4H3. The molecule has 0 aromatic heterocycles. The first-order chi connectivity index (χ1) is 9.38. The summed E-state index contributed by atoms with van der Waals surface area (Å²) in [4.78, 5) is 12.0. The molecule has 1 unspecified atom stereocenters. The Morgan fingerprint density at radius 3 is 2.70 bits per heavy atom. The Bertz CT molecular complexity index is 550. The third-order valence-electron chi connectivity index (χ3n) is 2.44. The number of benzene rings is 1. The third-order valence-corrected chi connectivity index (χ3v) is 2.44. The van der Waals surface area contributed by atoms with E-state index in [0.29, 0.717) is 17.9 Å². The summed E-state index contributed by atoms with van der Waals surface area (Å²) in [5.41, 5.74) is 0.899. The van der Waals surface area contributed by atoms with Crippen molar-refractivity contribution in [3.63, 3.8) is 0 Å². The molecule has 0 amide bonds. The van der Waals surface area contributed by atoms with Gasteiger partial charge in [-0.05, 0) is 43.0 Å². The van der Waals surface area contributed by atoms with Crippen molar-refractivity contribution >= 4 is 5.97 Å². The number of allylic oxidation sites excluding steroid dienone is 1. The van der Waals surface area contributed by atoms with E-state index in [1.807, 2.05) is 13.8 Å². The molecule has 2 nitrogen and oxygen atoms in total. The Kier molecular flexibility index (Phi) is 5.99. The molecule has 0 saturated carbocycles. The van der Waals surface area contributed by atoms with Crippen LogP contribution in [0.4, 0.5) is 4.39 Å². The Hall–Kier alpha value is -2.08. The fraction of sp³-hybridized carbons (Fsp3) is 0.353. The Labute approximate surface area is 119 Å². The SMILES string of the molecule is C=C(C)C#CC(CC(C)C)OC(=O)c1cccc(F)c1. The lowest BCUT2D eigenvalue weighted by Crippen LogP contribution is -2.19. The maximum Gasteiger partial charge on any atom is 0.339 e. The van der Waals surface area contributed by atoms with Crippen LogP contribution in [0.3, 0.4) is 0 Å². The van der Waals surface area contributed by atoms with Gasteiger partial charge in [0.1, 0.15) is 5.82 Å². The monoisotopic (exact) mass is 274 g/mol. The second-order valence-electron chi connectivity index (χ2n) is 5.08. The van der Waals surface area contributed by atoms with Crippen LogP contribution in [0.1, 0.15) is 37.6 Å². The zero-order valence-electron chi connectivity index (χ0n) is 12.1. The van der Waals surface area contributed by atoms with Gasteiger partial charge < -0.3 is 4.74 Å². The molecule has 20 heavy (non-hydrogen) atoms. The first-order valence-corrected chi connectivity index (χ1v) is 6.52. The van der Waals surface area contributed by atoms with Gasteiger partial charge in [0.2, 0.25) is 0 Å². The van der Waals surface area contributed by atoms with Gasteiger partial charge in [0.15, 0.2) is 6.10 Å². The summed E-state index contributed by atoms with van der Waals surface area (Å²) in [6.45, 7) is 9.52. The predicted molar refractivity (Wildman–Crippen MR) is 77.6 cm³/mol. The van der Waals surface area contributed by atoms with Crippen LogP contribution in [0.2, 0.25) is 0 Å². The maximum absolute atomic E-state index is 13.1. The van der Waals surface area contributed by atoms with E-state index in [1.54, 1.807) is 6.92 Å². The number of carbonyl (C=O) groups excluding carboxylic acids is 1. The number of hydrogen-bond acceptors (Lipinski definition) is 2. The largest absolute Gasteiger partial charge is 0.446 e. The van der Waals surface area contributed by atoms with E-state index >= 15 is 0 Å². The van der Waals surface area contributed by atoms with Crippen molar-refractivity contribution < 1.29 is 13.9 Å². The van der Waals surface area contributed by atoms with Crippen LogP contribution in [0, 0.1) is 23.6 Å². The van der Waals surface area contributed by atoms with Crippen molar-refractivity contribution in [3.8, 4) is 11.8 Å². The van der Waals surface area contributed by atoms with Crippen LogP contribution >= 0.6 is 0 Å². The van der Waals surface area contributed by atoms with Gasteiger partial charge in [-0.15, -0.1) is 0 Å². The average Bonchev–Trinajstić information content (AvgIpc) is 2.35. The second-order valence-corrected chi connectivity index (χ2v) is 5.08. The fourth-order valence-corrected chi connectivity index (χ4v) is 1.58. The average molecular weight is 274 g/mol. The van der Waals surface area contributed by atoms with Crippen LogP contribution in [-0.4, -0.2) is 12.1 Å². The summed E-state index contributed by atoms with van der Waals surface area (Å²) in [5, 5.41) is 0. The van der Waals surface area contributed by atoms with Crippen molar-refractivity contribution in [2.45, 2.75) is 33.3 Å². The maximum atomic E-state index is 13.1. The van der Waals surface area contributed by atoms with Gasteiger partial charge in [-0.2, -0.15) is 0 Å². The fourth-order valence-electron chi connectivity index (χ4n) is 1.58. The number of ether oxygens (including phenoxy) is 1. The molecule has 1 atom stereocenters. The molecule has 106 valence electrons. The normalized spacial score (nSPS) is 11.4. The lowest BCUT2D eigenvalue weighted by molar-refractivity contribution is 0.0377. The van der Waals surface area contributed by atoms with Gasteiger partial charge in [-0.3, -0.25) is 0 Å². The van der Waals surface area contributed by atoms with E-state index in [9.17, 15) is 9.18 Å². The molecule has 0 radical (unpaired) electrons. The molecule has 0 aliphatic rings. The molecule has 1 rings (SSSR count). The summed E-state index contributed by atoms with van der Waals surface area (Å²) in [6, 6.07) is 5.43.